The average molecular weight is 257 g/mol. The van der Waals surface area contributed by atoms with Crippen molar-refractivity contribution in [3.8, 4) is 0 Å². The standard InChI is InChI=1S/C12H19NO3S/c1-3-4-9-17(14,15)13-12-8-6-5-7-11(12)10-16-2/h5-8,13H,3-4,9-10H2,1-2H3. The third-order valence-electron chi connectivity index (χ3n) is 2.35. The van der Waals surface area contributed by atoms with Gasteiger partial charge in [-0.1, -0.05) is 31.5 Å². The average Bonchev–Trinajstić information content (AvgIpc) is 2.29. The Labute approximate surface area is 103 Å². The van der Waals surface area contributed by atoms with Crippen LogP contribution in [-0.4, -0.2) is 21.3 Å². The minimum Gasteiger partial charge on any atom is -0.380 e. The molecule has 0 bridgehead atoms. The molecule has 1 rings (SSSR count). The number of nitrogens with one attached hydrogen (secondary N) is 1. The zero-order valence-electron chi connectivity index (χ0n) is 10.3. The Morgan fingerprint density at radius 1 is 1.29 bits per heavy atom. The number of anilines is 1. The van der Waals surface area contributed by atoms with Crippen LogP contribution in [0.1, 0.15) is 25.3 Å². The highest BCUT2D eigenvalue weighted by Gasteiger charge is 2.11. The Kier molecular flexibility index (Phi) is 5.44. The van der Waals surface area contributed by atoms with E-state index in [1.54, 1.807) is 19.2 Å². The van der Waals surface area contributed by atoms with Crippen molar-refractivity contribution >= 4 is 15.7 Å². The summed E-state index contributed by atoms with van der Waals surface area (Å²) in [6, 6.07) is 7.26. The van der Waals surface area contributed by atoms with Crippen LogP contribution in [0.25, 0.3) is 0 Å². The Morgan fingerprint density at radius 3 is 2.65 bits per heavy atom. The number of rotatable bonds is 7. The fourth-order valence-electron chi connectivity index (χ4n) is 1.45. The van der Waals surface area contributed by atoms with Gasteiger partial charge < -0.3 is 4.74 Å². The second-order valence-electron chi connectivity index (χ2n) is 3.86. The molecule has 1 N–H and O–H groups in total. The molecule has 0 heterocycles. The summed E-state index contributed by atoms with van der Waals surface area (Å²) in [6.07, 6.45) is 1.53. The first-order valence-corrected chi connectivity index (χ1v) is 7.31. The Hall–Kier alpha value is -1.07. The lowest BCUT2D eigenvalue weighted by Gasteiger charge is -2.11. The van der Waals surface area contributed by atoms with Crippen molar-refractivity contribution in [3.05, 3.63) is 29.8 Å². The van der Waals surface area contributed by atoms with Crippen molar-refractivity contribution < 1.29 is 13.2 Å². The highest BCUT2D eigenvalue weighted by atomic mass is 32.2. The van der Waals surface area contributed by atoms with Crippen LogP contribution < -0.4 is 4.72 Å². The predicted octanol–water partition coefficient (Wildman–Crippen LogP) is 2.37. The second-order valence-corrected chi connectivity index (χ2v) is 5.71. The molecule has 1 aromatic carbocycles. The van der Waals surface area contributed by atoms with E-state index in [1.807, 2.05) is 19.1 Å². The van der Waals surface area contributed by atoms with Crippen molar-refractivity contribution in [1.82, 2.24) is 0 Å². The van der Waals surface area contributed by atoms with Gasteiger partial charge in [0.25, 0.3) is 0 Å². The molecule has 0 aliphatic carbocycles. The smallest absolute Gasteiger partial charge is 0.232 e. The molecule has 0 spiro atoms. The molecule has 5 heteroatoms. The molecule has 0 aromatic heterocycles. The molecule has 0 atom stereocenters. The first-order valence-electron chi connectivity index (χ1n) is 5.66. The molecule has 1 aromatic rings. The largest absolute Gasteiger partial charge is 0.380 e. The van der Waals surface area contributed by atoms with E-state index in [-0.39, 0.29) is 5.75 Å². The monoisotopic (exact) mass is 257 g/mol. The summed E-state index contributed by atoms with van der Waals surface area (Å²) >= 11 is 0. The van der Waals surface area contributed by atoms with E-state index in [0.29, 0.717) is 18.7 Å². The summed E-state index contributed by atoms with van der Waals surface area (Å²) in [4.78, 5) is 0. The van der Waals surface area contributed by atoms with Gasteiger partial charge in [-0.05, 0) is 12.5 Å². The highest BCUT2D eigenvalue weighted by molar-refractivity contribution is 7.92. The van der Waals surface area contributed by atoms with Gasteiger partial charge in [-0.2, -0.15) is 0 Å². The van der Waals surface area contributed by atoms with E-state index in [1.165, 1.54) is 0 Å². The molecule has 0 amide bonds. The zero-order chi connectivity index (χ0) is 12.7. The van der Waals surface area contributed by atoms with E-state index >= 15 is 0 Å². The number of ether oxygens (including phenoxy) is 1. The highest BCUT2D eigenvalue weighted by Crippen LogP contribution is 2.17. The lowest BCUT2D eigenvalue weighted by atomic mass is 10.2. The van der Waals surface area contributed by atoms with Gasteiger partial charge in [0.1, 0.15) is 0 Å². The van der Waals surface area contributed by atoms with Crippen LogP contribution in [0.4, 0.5) is 5.69 Å². The number of benzene rings is 1. The minimum absolute atomic E-state index is 0.158. The molecule has 0 unspecified atom stereocenters. The molecule has 0 saturated heterocycles. The van der Waals surface area contributed by atoms with Gasteiger partial charge in [0, 0.05) is 12.7 Å². The van der Waals surface area contributed by atoms with Gasteiger partial charge in [0.2, 0.25) is 10.0 Å². The van der Waals surface area contributed by atoms with Gasteiger partial charge in [-0.3, -0.25) is 4.72 Å². The van der Waals surface area contributed by atoms with Crippen LogP contribution in [0, 0.1) is 0 Å². The summed E-state index contributed by atoms with van der Waals surface area (Å²) in [5, 5.41) is 0. The number of hydrogen-bond donors (Lipinski definition) is 1. The molecule has 0 aliphatic heterocycles. The third-order valence-corrected chi connectivity index (χ3v) is 3.71. The van der Waals surface area contributed by atoms with Crippen LogP contribution in [-0.2, 0) is 21.4 Å². The summed E-state index contributed by atoms with van der Waals surface area (Å²) < 4.78 is 31.2. The Morgan fingerprint density at radius 2 is 2.00 bits per heavy atom. The molecule has 4 nitrogen and oxygen atoms in total. The van der Waals surface area contributed by atoms with Crippen LogP contribution in [0.5, 0.6) is 0 Å². The van der Waals surface area contributed by atoms with Gasteiger partial charge >= 0.3 is 0 Å². The predicted molar refractivity (Wildman–Crippen MR) is 69.5 cm³/mol. The lowest BCUT2D eigenvalue weighted by molar-refractivity contribution is 0.185. The van der Waals surface area contributed by atoms with Crippen LogP contribution in [0.3, 0.4) is 0 Å². The normalized spacial score (nSPS) is 11.4. The molecule has 0 aliphatic rings. The lowest BCUT2D eigenvalue weighted by Crippen LogP contribution is -2.17. The van der Waals surface area contributed by atoms with E-state index in [2.05, 4.69) is 4.72 Å². The fourth-order valence-corrected chi connectivity index (χ4v) is 2.76. The summed E-state index contributed by atoms with van der Waals surface area (Å²) in [6.45, 7) is 2.36. The number of methoxy groups -OCH3 is 1. The molecular formula is C12H19NO3S. The van der Waals surface area contributed by atoms with Crippen LogP contribution in [0.15, 0.2) is 24.3 Å². The molecule has 0 saturated carbocycles. The zero-order valence-corrected chi connectivity index (χ0v) is 11.1. The van der Waals surface area contributed by atoms with Gasteiger partial charge in [0.15, 0.2) is 0 Å². The second kappa shape index (κ2) is 6.61. The number of para-hydroxylation sites is 1. The molecule has 96 valence electrons. The third kappa shape index (κ3) is 4.75. The molecule has 0 radical (unpaired) electrons. The Bertz CT molecular complexity index is 443. The van der Waals surface area contributed by atoms with Gasteiger partial charge in [-0.15, -0.1) is 0 Å². The van der Waals surface area contributed by atoms with Crippen LogP contribution >= 0.6 is 0 Å². The van der Waals surface area contributed by atoms with Gasteiger partial charge in [-0.25, -0.2) is 8.42 Å². The summed E-state index contributed by atoms with van der Waals surface area (Å²) in [5.41, 5.74) is 1.44. The maximum Gasteiger partial charge on any atom is 0.232 e. The minimum atomic E-state index is -3.24. The maximum absolute atomic E-state index is 11.8. The van der Waals surface area contributed by atoms with Crippen molar-refractivity contribution in [3.63, 3.8) is 0 Å². The first kappa shape index (κ1) is 14.0. The van der Waals surface area contributed by atoms with Crippen molar-refractivity contribution in [2.24, 2.45) is 0 Å². The van der Waals surface area contributed by atoms with Crippen LogP contribution in [0.2, 0.25) is 0 Å². The topological polar surface area (TPSA) is 55.4 Å². The van der Waals surface area contributed by atoms with Crippen molar-refractivity contribution in [2.45, 2.75) is 26.4 Å². The van der Waals surface area contributed by atoms with Crippen molar-refractivity contribution in [2.75, 3.05) is 17.6 Å². The fraction of sp³-hybridized carbons (Fsp3) is 0.500. The number of sulfonamides is 1. The van der Waals surface area contributed by atoms with E-state index in [4.69, 9.17) is 4.74 Å². The number of unbranched alkanes of at least 4 members (excludes halogenated alkanes) is 1. The summed E-state index contributed by atoms with van der Waals surface area (Å²) in [7, 11) is -1.66. The maximum atomic E-state index is 11.8. The Balaban J connectivity index is 2.80. The molecule has 0 fully saturated rings. The molecular weight excluding hydrogens is 238 g/mol. The quantitative estimate of drug-likeness (QED) is 0.816. The van der Waals surface area contributed by atoms with Crippen molar-refractivity contribution in [1.29, 1.82) is 0 Å². The van der Waals surface area contributed by atoms with E-state index in [0.717, 1.165) is 12.0 Å². The van der Waals surface area contributed by atoms with Gasteiger partial charge in [0.05, 0.1) is 18.0 Å². The van der Waals surface area contributed by atoms with E-state index in [9.17, 15) is 8.42 Å². The first-order chi connectivity index (χ1) is 8.09. The summed E-state index contributed by atoms with van der Waals surface area (Å²) in [5.74, 6) is 0.158. The number of hydrogen-bond acceptors (Lipinski definition) is 3. The SMILES string of the molecule is CCCCS(=O)(=O)Nc1ccccc1COC. The van der Waals surface area contributed by atoms with E-state index < -0.39 is 10.0 Å². The molecule has 17 heavy (non-hydrogen) atoms.